The number of halogens is 1. The van der Waals surface area contributed by atoms with Crippen LogP contribution in [0.15, 0.2) is 35.4 Å². The average Bonchev–Trinajstić information content (AvgIpc) is 3.07. The summed E-state index contributed by atoms with van der Waals surface area (Å²) in [6.07, 6.45) is 2.41. The van der Waals surface area contributed by atoms with E-state index in [2.05, 4.69) is 9.97 Å². The molecule has 3 rings (SSSR count). The van der Waals surface area contributed by atoms with Crippen molar-refractivity contribution in [1.82, 2.24) is 14.3 Å². The number of nitrogens with one attached hydrogen (secondary N) is 1. The number of nitrogens with zero attached hydrogens (tertiary/aromatic N) is 2. The lowest BCUT2D eigenvalue weighted by molar-refractivity contribution is 0.464. The molecule has 0 amide bonds. The highest BCUT2D eigenvalue weighted by molar-refractivity contribution is 7.89. The van der Waals surface area contributed by atoms with Crippen LogP contribution in [0.25, 0.3) is 0 Å². The fraction of sp³-hybridized carbons (Fsp3) is 0.357. The van der Waals surface area contributed by atoms with Gasteiger partial charge in [-0.05, 0) is 25.5 Å². The van der Waals surface area contributed by atoms with E-state index in [-0.39, 0.29) is 10.8 Å². The number of H-pyrrole nitrogens is 1. The predicted octanol–water partition coefficient (Wildman–Crippen LogP) is 2.04. The fourth-order valence-electron chi connectivity index (χ4n) is 2.60. The summed E-state index contributed by atoms with van der Waals surface area (Å²) >= 11 is 0. The lowest BCUT2D eigenvalue weighted by atomic mass is 10.1. The van der Waals surface area contributed by atoms with Crippen molar-refractivity contribution >= 4 is 10.0 Å². The number of hydrogen-bond acceptors (Lipinski definition) is 3. The largest absolute Gasteiger partial charge is 0.346 e. The van der Waals surface area contributed by atoms with Gasteiger partial charge in [-0.2, -0.15) is 4.31 Å². The first-order chi connectivity index (χ1) is 9.98. The van der Waals surface area contributed by atoms with E-state index in [1.165, 1.54) is 22.5 Å². The van der Waals surface area contributed by atoms with Crippen molar-refractivity contribution in [3.05, 3.63) is 47.8 Å². The van der Waals surface area contributed by atoms with E-state index in [0.717, 1.165) is 17.6 Å². The van der Waals surface area contributed by atoms with Gasteiger partial charge >= 0.3 is 0 Å². The Labute approximate surface area is 122 Å². The molecular formula is C14H16FN3O2S. The highest BCUT2D eigenvalue weighted by Crippen LogP contribution is 2.30. The number of aromatic amines is 1. The SMILES string of the molecule is Cc1cnc([C@@H]2CCN(S(=O)(=O)c3ccccc3F)C2)[nH]1. The van der Waals surface area contributed by atoms with Gasteiger partial charge in [0.1, 0.15) is 16.5 Å². The van der Waals surface area contributed by atoms with Crippen LogP contribution < -0.4 is 0 Å². The van der Waals surface area contributed by atoms with E-state index in [9.17, 15) is 12.8 Å². The van der Waals surface area contributed by atoms with Gasteiger partial charge in [-0.25, -0.2) is 17.8 Å². The molecule has 1 aliphatic heterocycles. The average molecular weight is 309 g/mol. The number of hydrogen-bond donors (Lipinski definition) is 1. The van der Waals surface area contributed by atoms with Crippen LogP contribution in [0.2, 0.25) is 0 Å². The van der Waals surface area contributed by atoms with Crippen molar-refractivity contribution in [3.8, 4) is 0 Å². The Kier molecular flexibility index (Phi) is 3.54. The summed E-state index contributed by atoms with van der Waals surface area (Å²) in [5.74, 6) is 0.105. The lowest BCUT2D eigenvalue weighted by Gasteiger charge is -2.16. The van der Waals surface area contributed by atoms with Gasteiger partial charge in [-0.1, -0.05) is 12.1 Å². The van der Waals surface area contributed by atoms with Gasteiger partial charge in [0.25, 0.3) is 0 Å². The van der Waals surface area contributed by atoms with E-state index in [0.29, 0.717) is 19.5 Å². The summed E-state index contributed by atoms with van der Waals surface area (Å²) in [7, 11) is -3.79. The summed E-state index contributed by atoms with van der Waals surface area (Å²) < 4.78 is 40.1. The molecule has 1 aromatic heterocycles. The highest BCUT2D eigenvalue weighted by Gasteiger charge is 2.35. The first-order valence-electron chi connectivity index (χ1n) is 6.74. The number of sulfonamides is 1. The van der Waals surface area contributed by atoms with E-state index in [1.807, 2.05) is 6.92 Å². The van der Waals surface area contributed by atoms with Crippen LogP contribution in [0.5, 0.6) is 0 Å². The first kappa shape index (κ1) is 14.2. The first-order valence-corrected chi connectivity index (χ1v) is 8.18. The fourth-order valence-corrected chi connectivity index (χ4v) is 4.17. The zero-order valence-corrected chi connectivity index (χ0v) is 12.4. The third-order valence-corrected chi connectivity index (χ3v) is 5.61. The molecule has 21 heavy (non-hydrogen) atoms. The summed E-state index contributed by atoms with van der Waals surface area (Å²) in [5, 5.41) is 0. The molecule has 112 valence electrons. The second-order valence-electron chi connectivity index (χ2n) is 5.23. The third-order valence-electron chi connectivity index (χ3n) is 3.71. The summed E-state index contributed by atoms with van der Waals surface area (Å²) in [4.78, 5) is 7.13. The molecule has 1 fully saturated rings. The van der Waals surface area contributed by atoms with Crippen LogP contribution in [0.3, 0.4) is 0 Å². The summed E-state index contributed by atoms with van der Waals surface area (Å²) in [6.45, 7) is 2.60. The van der Waals surface area contributed by atoms with Crippen LogP contribution in [0.1, 0.15) is 23.9 Å². The van der Waals surface area contributed by atoms with Crippen molar-refractivity contribution in [2.45, 2.75) is 24.2 Å². The Morgan fingerprint density at radius 3 is 2.81 bits per heavy atom. The zero-order valence-electron chi connectivity index (χ0n) is 11.6. The number of aryl methyl sites for hydroxylation is 1. The minimum atomic E-state index is -3.79. The molecular weight excluding hydrogens is 293 g/mol. The molecule has 0 bridgehead atoms. The Bertz CT molecular complexity index is 757. The molecule has 0 aliphatic carbocycles. The number of rotatable bonds is 3. The van der Waals surface area contributed by atoms with Gasteiger partial charge in [0.05, 0.1) is 0 Å². The van der Waals surface area contributed by atoms with E-state index in [1.54, 1.807) is 6.20 Å². The maximum atomic E-state index is 13.7. The van der Waals surface area contributed by atoms with Gasteiger partial charge in [0.2, 0.25) is 10.0 Å². The van der Waals surface area contributed by atoms with Crippen molar-refractivity contribution in [3.63, 3.8) is 0 Å². The molecule has 1 N–H and O–H groups in total. The van der Waals surface area contributed by atoms with Crippen molar-refractivity contribution < 1.29 is 12.8 Å². The number of aromatic nitrogens is 2. The standard InChI is InChI=1S/C14H16FN3O2S/c1-10-8-16-14(17-10)11-6-7-18(9-11)21(19,20)13-5-3-2-4-12(13)15/h2-5,8,11H,6-7,9H2,1H3,(H,16,17)/t11-/m1/s1. The van der Waals surface area contributed by atoms with E-state index < -0.39 is 15.8 Å². The molecule has 1 aliphatic rings. The summed E-state index contributed by atoms with van der Waals surface area (Å²) in [5.41, 5.74) is 0.945. The molecule has 2 aromatic rings. The predicted molar refractivity (Wildman–Crippen MR) is 75.8 cm³/mol. The molecule has 0 unspecified atom stereocenters. The van der Waals surface area contributed by atoms with Gasteiger partial charge < -0.3 is 4.98 Å². The van der Waals surface area contributed by atoms with Crippen LogP contribution in [0.4, 0.5) is 4.39 Å². The molecule has 5 nitrogen and oxygen atoms in total. The van der Waals surface area contributed by atoms with Gasteiger partial charge in [-0.3, -0.25) is 0 Å². The Morgan fingerprint density at radius 2 is 2.14 bits per heavy atom. The van der Waals surface area contributed by atoms with Gasteiger partial charge in [0.15, 0.2) is 0 Å². The number of imidazole rings is 1. The zero-order chi connectivity index (χ0) is 15.0. The number of benzene rings is 1. The highest BCUT2D eigenvalue weighted by atomic mass is 32.2. The van der Waals surface area contributed by atoms with Crippen LogP contribution in [0, 0.1) is 12.7 Å². The van der Waals surface area contributed by atoms with Crippen LogP contribution in [-0.2, 0) is 10.0 Å². The molecule has 0 radical (unpaired) electrons. The topological polar surface area (TPSA) is 66.1 Å². The smallest absolute Gasteiger partial charge is 0.246 e. The molecule has 1 aromatic carbocycles. The maximum Gasteiger partial charge on any atom is 0.246 e. The lowest BCUT2D eigenvalue weighted by Crippen LogP contribution is -2.29. The minimum Gasteiger partial charge on any atom is -0.346 e. The Hall–Kier alpha value is -1.73. The molecule has 7 heteroatoms. The second-order valence-corrected chi connectivity index (χ2v) is 7.14. The molecule has 1 atom stereocenters. The second kappa shape index (κ2) is 5.23. The molecule has 2 heterocycles. The molecule has 1 saturated heterocycles. The Morgan fingerprint density at radius 1 is 1.38 bits per heavy atom. The van der Waals surface area contributed by atoms with E-state index >= 15 is 0 Å². The molecule has 0 spiro atoms. The maximum absolute atomic E-state index is 13.7. The van der Waals surface area contributed by atoms with Crippen molar-refractivity contribution in [1.29, 1.82) is 0 Å². The summed E-state index contributed by atoms with van der Waals surface area (Å²) in [6, 6.07) is 5.47. The van der Waals surface area contributed by atoms with Crippen molar-refractivity contribution in [2.75, 3.05) is 13.1 Å². The van der Waals surface area contributed by atoms with Crippen LogP contribution in [-0.4, -0.2) is 35.8 Å². The van der Waals surface area contributed by atoms with Gasteiger partial charge in [0, 0.05) is 30.9 Å². The monoisotopic (exact) mass is 309 g/mol. The minimum absolute atomic E-state index is 0.0280. The van der Waals surface area contributed by atoms with E-state index in [4.69, 9.17) is 0 Å². The van der Waals surface area contributed by atoms with Crippen molar-refractivity contribution in [2.24, 2.45) is 0 Å². The van der Waals surface area contributed by atoms with Crippen LogP contribution >= 0.6 is 0 Å². The Balaban J connectivity index is 1.84. The third kappa shape index (κ3) is 2.58. The molecule has 0 saturated carbocycles. The normalized spacial score (nSPS) is 20.0. The van der Waals surface area contributed by atoms with Gasteiger partial charge in [-0.15, -0.1) is 0 Å². The quantitative estimate of drug-likeness (QED) is 0.943.